The van der Waals surface area contributed by atoms with E-state index >= 15 is 0 Å². The zero-order chi connectivity index (χ0) is 24.9. The molecule has 1 fully saturated rings. The molecule has 1 saturated heterocycles. The number of nitrogens with zero attached hydrogens (tertiary/aromatic N) is 3. The van der Waals surface area contributed by atoms with Crippen molar-refractivity contribution in [2.75, 3.05) is 25.5 Å². The number of benzene rings is 3. The molecule has 0 unspecified atom stereocenters. The summed E-state index contributed by atoms with van der Waals surface area (Å²) >= 11 is 6.51. The van der Waals surface area contributed by atoms with E-state index in [0.717, 1.165) is 60.4 Å². The van der Waals surface area contributed by atoms with Gasteiger partial charge in [0, 0.05) is 23.7 Å². The van der Waals surface area contributed by atoms with Crippen molar-refractivity contribution in [3.63, 3.8) is 0 Å². The maximum Gasteiger partial charge on any atom is 0.142 e. The second-order valence-corrected chi connectivity index (χ2v) is 9.47. The highest BCUT2D eigenvalue weighted by Crippen LogP contribution is 2.32. The molecule has 0 amide bonds. The Balaban J connectivity index is 1.33. The number of anilines is 2. The number of halogens is 2. The molecule has 1 aromatic heterocycles. The lowest BCUT2D eigenvalue weighted by Gasteiger charge is -2.32. The first-order chi connectivity index (χ1) is 17.6. The van der Waals surface area contributed by atoms with Crippen molar-refractivity contribution in [2.45, 2.75) is 32.0 Å². The third-order valence-corrected chi connectivity index (χ3v) is 6.91. The fraction of sp³-hybridized carbons (Fsp3) is 0.286. The van der Waals surface area contributed by atoms with Crippen molar-refractivity contribution >= 4 is 34.0 Å². The molecule has 1 aliphatic rings. The van der Waals surface area contributed by atoms with Gasteiger partial charge in [0.1, 0.15) is 30.3 Å². The minimum Gasteiger partial charge on any atom is -0.487 e. The Morgan fingerprint density at radius 3 is 2.67 bits per heavy atom. The third-order valence-electron chi connectivity index (χ3n) is 6.62. The molecule has 0 bridgehead atoms. The summed E-state index contributed by atoms with van der Waals surface area (Å²) < 4.78 is 19.2. The first-order valence-corrected chi connectivity index (χ1v) is 12.5. The van der Waals surface area contributed by atoms with Gasteiger partial charge in [-0.1, -0.05) is 35.9 Å². The Labute approximate surface area is 215 Å². The monoisotopic (exact) mass is 505 g/mol. The molecule has 0 atom stereocenters. The molecule has 0 radical (unpaired) electrons. The van der Waals surface area contributed by atoms with E-state index < -0.39 is 0 Å². The van der Waals surface area contributed by atoms with Gasteiger partial charge in [-0.25, -0.2) is 14.4 Å². The van der Waals surface area contributed by atoms with Gasteiger partial charge in [0.25, 0.3) is 0 Å². The van der Waals surface area contributed by atoms with Crippen LogP contribution in [0, 0.1) is 5.82 Å². The quantitative estimate of drug-likeness (QED) is 0.309. The Morgan fingerprint density at radius 1 is 1.06 bits per heavy atom. The SMILES string of the molecule is CNC1CCN(Cc2cccc3ncnc(Nc4ccc(OCc5cccc(F)c5)c(Cl)c4)c23)CC1. The molecule has 0 aliphatic carbocycles. The summed E-state index contributed by atoms with van der Waals surface area (Å²) in [5, 5.41) is 8.28. The van der Waals surface area contributed by atoms with Crippen LogP contribution in [-0.2, 0) is 13.2 Å². The molecule has 36 heavy (non-hydrogen) atoms. The summed E-state index contributed by atoms with van der Waals surface area (Å²) in [6.45, 7) is 3.20. The molecule has 2 heterocycles. The van der Waals surface area contributed by atoms with Crippen LogP contribution in [0.2, 0.25) is 5.02 Å². The molecule has 8 heteroatoms. The van der Waals surface area contributed by atoms with Crippen molar-refractivity contribution in [1.29, 1.82) is 0 Å². The lowest BCUT2D eigenvalue weighted by molar-refractivity contribution is 0.195. The number of hydrogen-bond donors (Lipinski definition) is 2. The van der Waals surface area contributed by atoms with Crippen LogP contribution in [0.15, 0.2) is 67.0 Å². The highest BCUT2D eigenvalue weighted by Gasteiger charge is 2.19. The first kappa shape index (κ1) is 24.4. The van der Waals surface area contributed by atoms with Crippen LogP contribution in [0.3, 0.4) is 0 Å². The zero-order valence-electron chi connectivity index (χ0n) is 20.2. The molecule has 3 aromatic carbocycles. The molecule has 2 N–H and O–H groups in total. The van der Waals surface area contributed by atoms with E-state index in [1.807, 2.05) is 31.3 Å². The Morgan fingerprint density at radius 2 is 1.89 bits per heavy atom. The van der Waals surface area contributed by atoms with Crippen LogP contribution in [0.5, 0.6) is 5.75 Å². The highest BCUT2D eigenvalue weighted by molar-refractivity contribution is 6.32. The fourth-order valence-corrected chi connectivity index (χ4v) is 4.88. The molecule has 1 aliphatic heterocycles. The van der Waals surface area contributed by atoms with Gasteiger partial charge in [-0.3, -0.25) is 4.90 Å². The Kier molecular flexibility index (Phi) is 7.60. The average molecular weight is 506 g/mol. The van der Waals surface area contributed by atoms with Crippen LogP contribution < -0.4 is 15.4 Å². The molecular formula is C28H29ClFN5O. The lowest BCUT2D eigenvalue weighted by Crippen LogP contribution is -2.40. The Bertz CT molecular complexity index is 1340. The van der Waals surface area contributed by atoms with Gasteiger partial charge < -0.3 is 15.4 Å². The molecule has 0 spiro atoms. The number of fused-ring (bicyclic) bond motifs is 1. The van der Waals surface area contributed by atoms with E-state index in [0.29, 0.717) is 16.8 Å². The topological polar surface area (TPSA) is 62.3 Å². The summed E-state index contributed by atoms with van der Waals surface area (Å²) in [5.74, 6) is 0.982. The highest BCUT2D eigenvalue weighted by atomic mass is 35.5. The van der Waals surface area contributed by atoms with Crippen LogP contribution in [0.25, 0.3) is 10.9 Å². The number of likely N-dealkylation sites (tertiary alicyclic amines) is 1. The van der Waals surface area contributed by atoms with Gasteiger partial charge in [-0.15, -0.1) is 0 Å². The Hall–Kier alpha value is -3.26. The smallest absolute Gasteiger partial charge is 0.142 e. The van der Waals surface area contributed by atoms with Crippen molar-refractivity contribution < 1.29 is 9.13 Å². The molecule has 186 valence electrons. The van der Waals surface area contributed by atoms with Gasteiger partial charge in [0.2, 0.25) is 0 Å². The van der Waals surface area contributed by atoms with Crippen molar-refractivity contribution in [3.05, 3.63) is 89.0 Å². The lowest BCUT2D eigenvalue weighted by atomic mass is 10.0. The molecule has 5 rings (SSSR count). The van der Waals surface area contributed by atoms with E-state index in [-0.39, 0.29) is 12.4 Å². The molecule has 6 nitrogen and oxygen atoms in total. The van der Waals surface area contributed by atoms with E-state index in [1.54, 1.807) is 18.5 Å². The van der Waals surface area contributed by atoms with Crippen molar-refractivity contribution in [3.8, 4) is 5.75 Å². The standard InChI is InChI=1S/C28H29ClFN5O/c1-31-22-10-12-35(13-11-22)16-20-5-3-7-25-27(20)28(33-18-32-25)34-23-8-9-26(24(29)15-23)36-17-19-4-2-6-21(30)14-19/h2-9,14-15,18,22,31H,10-13,16-17H2,1H3,(H,32,33,34). The number of hydrogen-bond acceptors (Lipinski definition) is 6. The summed E-state index contributed by atoms with van der Waals surface area (Å²) in [6, 6.07) is 18.6. The second-order valence-electron chi connectivity index (χ2n) is 9.06. The van der Waals surface area contributed by atoms with Gasteiger partial charge in [0.05, 0.1) is 10.5 Å². The van der Waals surface area contributed by atoms with Crippen LogP contribution in [0.1, 0.15) is 24.0 Å². The maximum absolute atomic E-state index is 13.4. The minimum absolute atomic E-state index is 0.232. The number of aromatic nitrogens is 2. The fourth-order valence-electron chi connectivity index (χ4n) is 4.65. The molecular weight excluding hydrogens is 477 g/mol. The van der Waals surface area contributed by atoms with Gasteiger partial charge >= 0.3 is 0 Å². The third kappa shape index (κ3) is 5.75. The summed E-state index contributed by atoms with van der Waals surface area (Å²) in [4.78, 5) is 11.5. The molecule has 4 aromatic rings. The van der Waals surface area contributed by atoms with Gasteiger partial charge in [-0.2, -0.15) is 0 Å². The number of nitrogens with one attached hydrogen (secondary N) is 2. The average Bonchev–Trinajstić information content (AvgIpc) is 2.89. The largest absolute Gasteiger partial charge is 0.487 e. The maximum atomic E-state index is 13.4. The van der Waals surface area contributed by atoms with Gasteiger partial charge in [0.15, 0.2) is 0 Å². The molecule has 0 saturated carbocycles. The number of piperidine rings is 1. The summed E-state index contributed by atoms with van der Waals surface area (Å²) in [5.41, 5.74) is 3.63. The predicted molar refractivity (Wildman–Crippen MR) is 142 cm³/mol. The van der Waals surface area contributed by atoms with Crippen molar-refractivity contribution in [2.24, 2.45) is 0 Å². The minimum atomic E-state index is -0.291. The van der Waals surface area contributed by atoms with Crippen molar-refractivity contribution in [1.82, 2.24) is 20.2 Å². The first-order valence-electron chi connectivity index (χ1n) is 12.1. The number of rotatable bonds is 8. The van der Waals surface area contributed by atoms with Crippen LogP contribution in [-0.4, -0.2) is 41.0 Å². The zero-order valence-corrected chi connectivity index (χ0v) is 20.9. The van der Waals surface area contributed by atoms with Gasteiger partial charge in [-0.05, 0) is 80.5 Å². The predicted octanol–water partition coefficient (Wildman–Crippen LogP) is 5.93. The summed E-state index contributed by atoms with van der Waals surface area (Å²) in [6.07, 6.45) is 3.87. The normalized spacial score (nSPS) is 14.8. The van der Waals surface area contributed by atoms with Crippen LogP contribution in [0.4, 0.5) is 15.9 Å². The van der Waals surface area contributed by atoms with E-state index in [2.05, 4.69) is 37.6 Å². The summed E-state index contributed by atoms with van der Waals surface area (Å²) in [7, 11) is 2.04. The van der Waals surface area contributed by atoms with E-state index in [4.69, 9.17) is 16.3 Å². The second kappa shape index (κ2) is 11.2. The van der Waals surface area contributed by atoms with E-state index in [1.165, 1.54) is 17.7 Å². The number of ether oxygens (including phenoxy) is 1. The van der Waals surface area contributed by atoms with E-state index in [9.17, 15) is 4.39 Å². The van der Waals surface area contributed by atoms with Crippen LogP contribution >= 0.6 is 11.6 Å².